The standard InChI is InChI=1S/C24H25NO/c1-3-4-8-15-26-19-12-14-21-22(16-19)25-24-17(2)11-13-20(23(21)24)18-9-6-5-7-10-18/h5-7,9-14,16,25H,3-4,8,15H2,1-2H3. The first-order valence-corrected chi connectivity index (χ1v) is 9.51. The molecule has 1 N–H and O–H groups in total. The maximum atomic E-state index is 5.94. The van der Waals surface area contributed by atoms with Crippen LogP contribution in [0.1, 0.15) is 31.7 Å². The normalized spacial score (nSPS) is 11.3. The first-order chi connectivity index (χ1) is 12.8. The highest BCUT2D eigenvalue weighted by Gasteiger charge is 2.12. The Kier molecular flexibility index (Phi) is 4.66. The molecule has 26 heavy (non-hydrogen) atoms. The fourth-order valence-corrected chi connectivity index (χ4v) is 3.62. The number of fused-ring (bicyclic) bond motifs is 3. The number of aromatic amines is 1. The number of nitrogens with one attached hydrogen (secondary N) is 1. The minimum Gasteiger partial charge on any atom is -0.494 e. The van der Waals surface area contributed by atoms with Crippen molar-refractivity contribution < 1.29 is 4.74 Å². The predicted molar refractivity (Wildman–Crippen MR) is 111 cm³/mol. The zero-order chi connectivity index (χ0) is 17.9. The molecular formula is C24H25NO. The minimum atomic E-state index is 0.786. The van der Waals surface area contributed by atoms with Gasteiger partial charge in [-0.05, 0) is 42.2 Å². The molecule has 1 heterocycles. The molecule has 4 rings (SSSR count). The number of H-pyrrole nitrogens is 1. The quantitative estimate of drug-likeness (QED) is 0.380. The predicted octanol–water partition coefficient (Wildman–Crippen LogP) is 6.87. The second kappa shape index (κ2) is 7.25. The van der Waals surface area contributed by atoms with Crippen LogP contribution in [-0.4, -0.2) is 11.6 Å². The number of ether oxygens (including phenoxy) is 1. The van der Waals surface area contributed by atoms with Gasteiger partial charge in [-0.2, -0.15) is 0 Å². The Labute approximate surface area is 154 Å². The third-order valence-electron chi connectivity index (χ3n) is 5.04. The molecule has 0 saturated heterocycles. The van der Waals surface area contributed by atoms with Crippen molar-refractivity contribution in [2.45, 2.75) is 33.1 Å². The van der Waals surface area contributed by atoms with E-state index in [0.29, 0.717) is 0 Å². The summed E-state index contributed by atoms with van der Waals surface area (Å²) in [6, 6.07) is 21.5. The molecular weight excluding hydrogens is 318 g/mol. The molecule has 1 aromatic heterocycles. The van der Waals surface area contributed by atoms with E-state index in [-0.39, 0.29) is 0 Å². The molecule has 0 unspecified atom stereocenters. The van der Waals surface area contributed by atoms with Crippen molar-refractivity contribution in [2.75, 3.05) is 6.61 Å². The Morgan fingerprint density at radius 2 is 1.77 bits per heavy atom. The zero-order valence-electron chi connectivity index (χ0n) is 15.5. The summed E-state index contributed by atoms with van der Waals surface area (Å²) in [6.45, 7) is 5.16. The number of benzene rings is 3. The highest BCUT2D eigenvalue weighted by atomic mass is 16.5. The Morgan fingerprint density at radius 1 is 0.923 bits per heavy atom. The summed E-state index contributed by atoms with van der Waals surface area (Å²) in [7, 11) is 0. The lowest BCUT2D eigenvalue weighted by Crippen LogP contribution is -1.96. The van der Waals surface area contributed by atoms with Crippen molar-refractivity contribution in [2.24, 2.45) is 0 Å². The van der Waals surface area contributed by atoms with E-state index in [4.69, 9.17) is 4.74 Å². The monoisotopic (exact) mass is 343 g/mol. The minimum absolute atomic E-state index is 0.786. The zero-order valence-corrected chi connectivity index (χ0v) is 15.5. The smallest absolute Gasteiger partial charge is 0.121 e. The largest absolute Gasteiger partial charge is 0.494 e. The van der Waals surface area contributed by atoms with Gasteiger partial charge in [-0.15, -0.1) is 0 Å². The van der Waals surface area contributed by atoms with Gasteiger partial charge in [-0.25, -0.2) is 0 Å². The lowest BCUT2D eigenvalue weighted by molar-refractivity contribution is 0.306. The Hall–Kier alpha value is -2.74. The molecule has 0 atom stereocenters. The third kappa shape index (κ3) is 3.08. The van der Waals surface area contributed by atoms with Gasteiger partial charge in [-0.3, -0.25) is 0 Å². The van der Waals surface area contributed by atoms with E-state index in [2.05, 4.69) is 79.5 Å². The molecule has 0 spiro atoms. The van der Waals surface area contributed by atoms with E-state index in [1.807, 2.05) is 0 Å². The topological polar surface area (TPSA) is 25.0 Å². The molecule has 0 bridgehead atoms. The van der Waals surface area contributed by atoms with Gasteiger partial charge in [-0.1, -0.05) is 62.2 Å². The molecule has 0 radical (unpaired) electrons. The Morgan fingerprint density at radius 3 is 2.58 bits per heavy atom. The second-order valence-corrected chi connectivity index (χ2v) is 6.93. The van der Waals surface area contributed by atoms with Crippen LogP contribution in [0.15, 0.2) is 60.7 Å². The lowest BCUT2D eigenvalue weighted by atomic mass is 9.97. The van der Waals surface area contributed by atoms with Crippen LogP contribution in [0, 0.1) is 6.92 Å². The SMILES string of the molecule is CCCCCOc1ccc2c(c1)[nH]c1c(C)ccc(-c3ccccc3)c12. The number of aromatic nitrogens is 1. The number of rotatable bonds is 6. The first-order valence-electron chi connectivity index (χ1n) is 9.51. The number of aryl methyl sites for hydroxylation is 1. The number of hydrogen-bond donors (Lipinski definition) is 1. The maximum Gasteiger partial charge on any atom is 0.121 e. The first kappa shape index (κ1) is 16.7. The van der Waals surface area contributed by atoms with Crippen molar-refractivity contribution in [3.8, 4) is 16.9 Å². The third-order valence-corrected chi connectivity index (χ3v) is 5.04. The van der Waals surface area contributed by atoms with Crippen LogP contribution in [0.2, 0.25) is 0 Å². The Bertz CT molecular complexity index is 1030. The fourth-order valence-electron chi connectivity index (χ4n) is 3.62. The van der Waals surface area contributed by atoms with Crippen LogP contribution >= 0.6 is 0 Å². The van der Waals surface area contributed by atoms with E-state index >= 15 is 0 Å². The van der Waals surface area contributed by atoms with Crippen molar-refractivity contribution in [3.05, 3.63) is 66.2 Å². The molecule has 2 nitrogen and oxygen atoms in total. The van der Waals surface area contributed by atoms with Gasteiger partial charge in [0.05, 0.1) is 17.6 Å². The van der Waals surface area contributed by atoms with E-state index < -0.39 is 0 Å². The summed E-state index contributed by atoms with van der Waals surface area (Å²) in [5.41, 5.74) is 6.14. The second-order valence-electron chi connectivity index (χ2n) is 6.93. The van der Waals surface area contributed by atoms with Crippen molar-refractivity contribution in [3.63, 3.8) is 0 Å². The fraction of sp³-hybridized carbons (Fsp3) is 0.250. The van der Waals surface area contributed by atoms with Gasteiger partial charge in [0.15, 0.2) is 0 Å². The van der Waals surface area contributed by atoms with E-state index in [0.717, 1.165) is 24.3 Å². The number of hydrogen-bond acceptors (Lipinski definition) is 1. The van der Waals surface area contributed by atoms with Gasteiger partial charge < -0.3 is 9.72 Å². The summed E-state index contributed by atoms with van der Waals surface area (Å²) in [6.07, 6.45) is 3.54. The maximum absolute atomic E-state index is 5.94. The average molecular weight is 343 g/mol. The van der Waals surface area contributed by atoms with Gasteiger partial charge in [0, 0.05) is 16.8 Å². The van der Waals surface area contributed by atoms with Gasteiger partial charge in [0.25, 0.3) is 0 Å². The Balaban J connectivity index is 1.80. The van der Waals surface area contributed by atoms with Gasteiger partial charge in [0.1, 0.15) is 5.75 Å². The number of unbranched alkanes of at least 4 members (excludes halogenated alkanes) is 2. The average Bonchev–Trinajstić information content (AvgIpc) is 3.06. The van der Waals surface area contributed by atoms with Crippen LogP contribution in [-0.2, 0) is 0 Å². The van der Waals surface area contributed by atoms with Crippen molar-refractivity contribution in [1.82, 2.24) is 4.98 Å². The highest BCUT2D eigenvalue weighted by Crippen LogP contribution is 2.37. The van der Waals surface area contributed by atoms with Crippen molar-refractivity contribution >= 4 is 21.8 Å². The van der Waals surface area contributed by atoms with Gasteiger partial charge >= 0.3 is 0 Å². The van der Waals surface area contributed by atoms with E-state index in [9.17, 15) is 0 Å². The van der Waals surface area contributed by atoms with Crippen LogP contribution in [0.4, 0.5) is 0 Å². The summed E-state index contributed by atoms with van der Waals surface area (Å²) in [5, 5.41) is 2.55. The van der Waals surface area contributed by atoms with Crippen LogP contribution in [0.3, 0.4) is 0 Å². The molecule has 0 amide bonds. The molecule has 0 saturated carbocycles. The van der Waals surface area contributed by atoms with Crippen LogP contribution < -0.4 is 4.74 Å². The van der Waals surface area contributed by atoms with Gasteiger partial charge in [0.2, 0.25) is 0 Å². The van der Waals surface area contributed by atoms with Crippen molar-refractivity contribution in [1.29, 1.82) is 0 Å². The van der Waals surface area contributed by atoms with E-state index in [1.165, 1.54) is 45.8 Å². The molecule has 4 aromatic rings. The molecule has 0 fully saturated rings. The molecule has 0 aliphatic heterocycles. The summed E-state index contributed by atoms with van der Waals surface area (Å²) in [4.78, 5) is 3.62. The summed E-state index contributed by atoms with van der Waals surface area (Å²) < 4.78 is 5.94. The van der Waals surface area contributed by atoms with E-state index in [1.54, 1.807) is 0 Å². The van der Waals surface area contributed by atoms with Crippen LogP contribution in [0.5, 0.6) is 5.75 Å². The molecule has 0 aliphatic rings. The molecule has 0 aliphatic carbocycles. The molecule has 132 valence electrons. The molecule has 2 heteroatoms. The lowest BCUT2D eigenvalue weighted by Gasteiger charge is -2.07. The molecule has 3 aromatic carbocycles. The highest BCUT2D eigenvalue weighted by molar-refractivity contribution is 6.15. The summed E-state index contributed by atoms with van der Waals surface area (Å²) >= 11 is 0. The van der Waals surface area contributed by atoms with Crippen LogP contribution in [0.25, 0.3) is 32.9 Å². The summed E-state index contributed by atoms with van der Waals surface area (Å²) in [5.74, 6) is 0.944.